The van der Waals surface area contributed by atoms with Gasteiger partial charge < -0.3 is 4.52 Å². The molecule has 2 heterocycles. The maximum Gasteiger partial charge on any atom is 0.266 e. The van der Waals surface area contributed by atoms with Crippen LogP contribution in [0.4, 0.5) is 10.3 Å². The van der Waals surface area contributed by atoms with Crippen molar-refractivity contribution in [3.8, 4) is 5.69 Å². The van der Waals surface area contributed by atoms with Gasteiger partial charge >= 0.3 is 0 Å². The number of benzene rings is 2. The zero-order valence-corrected chi connectivity index (χ0v) is 18.6. The number of carbonyl (C=O) groups is 1. The van der Waals surface area contributed by atoms with E-state index in [9.17, 15) is 14.0 Å². The molecule has 0 fully saturated rings. The Balaban J connectivity index is 1.63. The van der Waals surface area contributed by atoms with E-state index in [1.54, 1.807) is 42.5 Å². The van der Waals surface area contributed by atoms with E-state index < -0.39 is 11.4 Å². The van der Waals surface area contributed by atoms with Crippen molar-refractivity contribution in [3.05, 3.63) is 76.5 Å². The van der Waals surface area contributed by atoms with Gasteiger partial charge in [0.2, 0.25) is 11.8 Å². The summed E-state index contributed by atoms with van der Waals surface area (Å²) < 4.78 is 20.9. The third-order valence-electron chi connectivity index (χ3n) is 4.71. The summed E-state index contributed by atoms with van der Waals surface area (Å²) in [4.78, 5) is 30.2. The molecule has 2 aromatic heterocycles. The van der Waals surface area contributed by atoms with Gasteiger partial charge in [0.05, 0.1) is 28.0 Å². The van der Waals surface area contributed by atoms with Crippen LogP contribution in [0.3, 0.4) is 0 Å². The summed E-state index contributed by atoms with van der Waals surface area (Å²) in [5.74, 6) is -0.757. The number of fused-ring (bicyclic) bond motifs is 1. The van der Waals surface area contributed by atoms with Crippen molar-refractivity contribution in [2.75, 3.05) is 11.1 Å². The second-order valence-electron chi connectivity index (χ2n) is 8.17. The van der Waals surface area contributed by atoms with Crippen LogP contribution in [0.2, 0.25) is 0 Å². The van der Waals surface area contributed by atoms with E-state index in [4.69, 9.17) is 4.52 Å². The summed E-state index contributed by atoms with van der Waals surface area (Å²) in [5.41, 5.74) is 0.631. The minimum Gasteiger partial charge on any atom is -0.338 e. The summed E-state index contributed by atoms with van der Waals surface area (Å²) in [6, 6.07) is 14.5. The highest BCUT2D eigenvalue weighted by atomic mass is 32.2. The molecule has 0 bridgehead atoms. The standard InChI is InChI=1S/C23H21FN4O3S/c1-23(2,3)18-12-20(31-27-18)26-19(29)13-32-22-25-16-10-6-4-8-14(16)21(30)28(22)17-11-7-5-9-15(17)24/h4-12H,13H2,1-3H3,(H,26,29). The molecule has 0 aliphatic heterocycles. The molecule has 0 aliphatic carbocycles. The fourth-order valence-corrected chi connectivity index (χ4v) is 3.85. The summed E-state index contributed by atoms with van der Waals surface area (Å²) in [6.07, 6.45) is 0. The Kier molecular flexibility index (Phi) is 5.84. The van der Waals surface area contributed by atoms with Crippen LogP contribution in [0.25, 0.3) is 16.6 Å². The Hall–Kier alpha value is -3.46. The number of carbonyl (C=O) groups excluding carboxylic acids is 1. The Bertz CT molecular complexity index is 1360. The minimum atomic E-state index is -0.561. The number of para-hydroxylation sites is 2. The highest BCUT2D eigenvalue weighted by Crippen LogP contribution is 2.25. The van der Waals surface area contributed by atoms with Crippen molar-refractivity contribution in [2.24, 2.45) is 0 Å². The topological polar surface area (TPSA) is 90.0 Å². The summed E-state index contributed by atoms with van der Waals surface area (Å²) >= 11 is 1.03. The van der Waals surface area contributed by atoms with E-state index in [1.165, 1.54) is 16.7 Å². The lowest BCUT2D eigenvalue weighted by Crippen LogP contribution is -2.23. The van der Waals surface area contributed by atoms with E-state index >= 15 is 0 Å². The third kappa shape index (κ3) is 4.43. The lowest BCUT2D eigenvalue weighted by atomic mass is 9.92. The first-order chi connectivity index (χ1) is 15.2. The fourth-order valence-electron chi connectivity index (χ4n) is 3.05. The minimum absolute atomic E-state index is 0.0647. The maximum absolute atomic E-state index is 14.5. The first-order valence-electron chi connectivity index (χ1n) is 9.90. The van der Waals surface area contributed by atoms with E-state index in [0.717, 1.165) is 11.8 Å². The average molecular weight is 453 g/mol. The monoisotopic (exact) mass is 452 g/mol. The van der Waals surface area contributed by atoms with Crippen molar-refractivity contribution in [3.63, 3.8) is 0 Å². The molecule has 9 heteroatoms. The summed E-state index contributed by atoms with van der Waals surface area (Å²) in [6.45, 7) is 5.96. The molecule has 2 aromatic carbocycles. The van der Waals surface area contributed by atoms with Crippen molar-refractivity contribution < 1.29 is 13.7 Å². The van der Waals surface area contributed by atoms with Crippen molar-refractivity contribution in [1.29, 1.82) is 0 Å². The molecular formula is C23H21FN4O3S. The van der Waals surface area contributed by atoms with Gasteiger partial charge in [0.15, 0.2) is 5.16 Å². The van der Waals surface area contributed by atoms with Crippen LogP contribution in [0.1, 0.15) is 26.5 Å². The molecule has 0 atom stereocenters. The second-order valence-corrected chi connectivity index (χ2v) is 9.11. The molecule has 1 amide bonds. The normalized spacial score (nSPS) is 11.6. The Morgan fingerprint density at radius 3 is 2.59 bits per heavy atom. The first kappa shape index (κ1) is 21.8. The Morgan fingerprint density at radius 1 is 1.16 bits per heavy atom. The van der Waals surface area contributed by atoms with Crippen LogP contribution in [0.15, 0.2) is 69.1 Å². The molecular weight excluding hydrogens is 431 g/mol. The summed E-state index contributed by atoms with van der Waals surface area (Å²) in [5, 5.41) is 7.19. The summed E-state index contributed by atoms with van der Waals surface area (Å²) in [7, 11) is 0. The number of halogens is 1. The zero-order chi connectivity index (χ0) is 22.9. The molecule has 0 saturated heterocycles. The van der Waals surface area contributed by atoms with Gasteiger partial charge in [-0.2, -0.15) is 0 Å². The maximum atomic E-state index is 14.5. The molecule has 32 heavy (non-hydrogen) atoms. The number of thioether (sulfide) groups is 1. The number of aromatic nitrogens is 3. The number of hydrogen-bond acceptors (Lipinski definition) is 6. The molecule has 1 N–H and O–H groups in total. The molecule has 4 aromatic rings. The number of nitrogens with one attached hydrogen (secondary N) is 1. The molecule has 0 spiro atoms. The SMILES string of the molecule is CC(C)(C)c1cc(NC(=O)CSc2nc3ccccc3c(=O)n2-c2ccccc2F)on1. The van der Waals surface area contributed by atoms with E-state index in [0.29, 0.717) is 16.6 Å². The van der Waals surface area contributed by atoms with Crippen LogP contribution >= 0.6 is 11.8 Å². The number of nitrogens with zero attached hydrogens (tertiary/aromatic N) is 3. The molecule has 0 aliphatic rings. The van der Waals surface area contributed by atoms with E-state index in [1.807, 2.05) is 20.8 Å². The van der Waals surface area contributed by atoms with Crippen LogP contribution in [-0.2, 0) is 10.2 Å². The smallest absolute Gasteiger partial charge is 0.266 e. The van der Waals surface area contributed by atoms with Gasteiger partial charge in [-0.1, -0.05) is 62.0 Å². The van der Waals surface area contributed by atoms with Crippen molar-refractivity contribution in [1.82, 2.24) is 14.7 Å². The number of amides is 1. The van der Waals surface area contributed by atoms with Gasteiger partial charge in [0.25, 0.3) is 5.56 Å². The van der Waals surface area contributed by atoms with Gasteiger partial charge in [-0.25, -0.2) is 9.37 Å². The van der Waals surface area contributed by atoms with E-state index in [-0.39, 0.29) is 33.8 Å². The lowest BCUT2D eigenvalue weighted by molar-refractivity contribution is -0.113. The van der Waals surface area contributed by atoms with E-state index in [2.05, 4.69) is 15.5 Å². The highest BCUT2D eigenvalue weighted by molar-refractivity contribution is 7.99. The number of anilines is 1. The number of rotatable bonds is 5. The predicted octanol–water partition coefficient (Wildman–Crippen LogP) is 4.54. The van der Waals surface area contributed by atoms with Gasteiger partial charge in [-0.15, -0.1) is 0 Å². The second kappa shape index (κ2) is 8.58. The van der Waals surface area contributed by atoms with Crippen LogP contribution < -0.4 is 10.9 Å². The van der Waals surface area contributed by atoms with Gasteiger partial charge in [0, 0.05) is 11.5 Å². The zero-order valence-electron chi connectivity index (χ0n) is 17.8. The van der Waals surface area contributed by atoms with Gasteiger partial charge in [-0.05, 0) is 24.3 Å². The van der Waals surface area contributed by atoms with Crippen LogP contribution in [0, 0.1) is 5.82 Å². The molecule has 164 valence electrons. The molecule has 0 radical (unpaired) electrons. The Morgan fingerprint density at radius 2 is 1.88 bits per heavy atom. The highest BCUT2D eigenvalue weighted by Gasteiger charge is 2.21. The van der Waals surface area contributed by atoms with Crippen molar-refractivity contribution >= 4 is 34.5 Å². The van der Waals surface area contributed by atoms with Crippen molar-refractivity contribution in [2.45, 2.75) is 31.3 Å². The number of hydrogen-bond donors (Lipinski definition) is 1. The molecule has 7 nitrogen and oxygen atoms in total. The molecule has 0 saturated carbocycles. The van der Waals surface area contributed by atoms with Crippen LogP contribution in [0.5, 0.6) is 0 Å². The largest absolute Gasteiger partial charge is 0.338 e. The van der Waals surface area contributed by atoms with Gasteiger partial charge in [0.1, 0.15) is 5.82 Å². The quantitative estimate of drug-likeness (QED) is 0.353. The lowest BCUT2D eigenvalue weighted by Gasteiger charge is -2.13. The predicted molar refractivity (Wildman–Crippen MR) is 122 cm³/mol. The Labute approximate surface area is 187 Å². The molecule has 0 unspecified atom stereocenters. The average Bonchev–Trinajstić information content (AvgIpc) is 3.22. The fraction of sp³-hybridized carbons (Fsp3) is 0.217. The van der Waals surface area contributed by atoms with Crippen LogP contribution in [-0.4, -0.2) is 26.4 Å². The third-order valence-corrected chi connectivity index (χ3v) is 5.65. The van der Waals surface area contributed by atoms with Gasteiger partial charge in [-0.3, -0.25) is 19.5 Å². The first-order valence-corrected chi connectivity index (χ1v) is 10.9. The molecule has 4 rings (SSSR count).